The van der Waals surface area contributed by atoms with Gasteiger partial charge < -0.3 is 15.2 Å². The van der Waals surface area contributed by atoms with E-state index in [0.29, 0.717) is 13.2 Å². The van der Waals surface area contributed by atoms with E-state index in [2.05, 4.69) is 47.2 Å². The van der Waals surface area contributed by atoms with E-state index in [4.69, 9.17) is 4.74 Å². The molecule has 1 unspecified atom stereocenters. The van der Waals surface area contributed by atoms with Crippen LogP contribution in [-0.2, 0) is 11.3 Å². The van der Waals surface area contributed by atoms with Crippen LogP contribution in [0.1, 0.15) is 32.3 Å². The SMILES string of the molecule is CC(C)CCCOCC(O)CNCc1ccc(Br)cc1. The molecule has 2 N–H and O–H groups in total. The van der Waals surface area contributed by atoms with Gasteiger partial charge in [0.15, 0.2) is 0 Å². The Hall–Kier alpha value is -0.420. The van der Waals surface area contributed by atoms with Crippen molar-refractivity contribution < 1.29 is 9.84 Å². The maximum Gasteiger partial charge on any atom is 0.0897 e. The average molecular weight is 344 g/mol. The van der Waals surface area contributed by atoms with Gasteiger partial charge in [-0.05, 0) is 36.5 Å². The van der Waals surface area contributed by atoms with Crippen LogP contribution in [0.4, 0.5) is 0 Å². The first-order chi connectivity index (χ1) is 9.58. The molecule has 0 fully saturated rings. The van der Waals surface area contributed by atoms with Crippen molar-refractivity contribution in [3.05, 3.63) is 34.3 Å². The molecular weight excluding hydrogens is 318 g/mol. The fraction of sp³-hybridized carbons (Fsp3) is 0.625. The van der Waals surface area contributed by atoms with Crippen molar-refractivity contribution in [3.63, 3.8) is 0 Å². The van der Waals surface area contributed by atoms with Gasteiger partial charge in [0, 0.05) is 24.2 Å². The van der Waals surface area contributed by atoms with Crippen molar-refractivity contribution in [1.82, 2.24) is 5.32 Å². The second kappa shape index (κ2) is 10.3. The molecule has 0 aliphatic rings. The number of halogens is 1. The van der Waals surface area contributed by atoms with Crippen LogP contribution in [0.2, 0.25) is 0 Å². The number of ether oxygens (including phenoxy) is 1. The molecule has 0 saturated carbocycles. The number of aliphatic hydroxyl groups excluding tert-OH is 1. The molecule has 0 saturated heterocycles. The molecule has 0 bridgehead atoms. The number of aliphatic hydroxyl groups is 1. The van der Waals surface area contributed by atoms with Crippen molar-refractivity contribution in [1.29, 1.82) is 0 Å². The first kappa shape index (κ1) is 17.6. The Morgan fingerprint density at radius 2 is 1.95 bits per heavy atom. The van der Waals surface area contributed by atoms with Gasteiger partial charge in [-0.1, -0.05) is 41.9 Å². The zero-order valence-electron chi connectivity index (χ0n) is 12.4. The summed E-state index contributed by atoms with van der Waals surface area (Å²) in [6.07, 6.45) is 1.80. The number of hydrogen-bond acceptors (Lipinski definition) is 3. The highest BCUT2D eigenvalue weighted by molar-refractivity contribution is 9.10. The van der Waals surface area contributed by atoms with Gasteiger partial charge in [-0.3, -0.25) is 0 Å². The molecule has 0 aliphatic heterocycles. The highest BCUT2D eigenvalue weighted by Gasteiger charge is 2.04. The zero-order chi connectivity index (χ0) is 14.8. The summed E-state index contributed by atoms with van der Waals surface area (Å²) in [5, 5.41) is 13.0. The second-order valence-corrected chi connectivity index (χ2v) is 6.44. The van der Waals surface area contributed by atoms with E-state index >= 15 is 0 Å². The highest BCUT2D eigenvalue weighted by Crippen LogP contribution is 2.10. The number of rotatable bonds is 10. The Labute approximate surface area is 130 Å². The van der Waals surface area contributed by atoms with Crippen LogP contribution in [0.25, 0.3) is 0 Å². The van der Waals surface area contributed by atoms with E-state index < -0.39 is 6.10 Å². The number of hydrogen-bond donors (Lipinski definition) is 2. The van der Waals surface area contributed by atoms with E-state index in [9.17, 15) is 5.11 Å². The van der Waals surface area contributed by atoms with Crippen molar-refractivity contribution >= 4 is 15.9 Å². The molecule has 0 amide bonds. The molecule has 1 aromatic carbocycles. The van der Waals surface area contributed by atoms with Crippen LogP contribution in [-0.4, -0.2) is 31.0 Å². The first-order valence-electron chi connectivity index (χ1n) is 7.29. The molecule has 4 heteroatoms. The van der Waals surface area contributed by atoms with Crippen LogP contribution in [0.3, 0.4) is 0 Å². The predicted molar refractivity (Wildman–Crippen MR) is 86.7 cm³/mol. The van der Waals surface area contributed by atoms with Crippen LogP contribution >= 0.6 is 15.9 Å². The summed E-state index contributed by atoms with van der Waals surface area (Å²) in [6.45, 7) is 6.88. The van der Waals surface area contributed by atoms with Crippen molar-refractivity contribution in [2.75, 3.05) is 19.8 Å². The highest BCUT2D eigenvalue weighted by atomic mass is 79.9. The summed E-state index contributed by atoms with van der Waals surface area (Å²) < 4.78 is 6.55. The summed E-state index contributed by atoms with van der Waals surface area (Å²) in [5.41, 5.74) is 1.21. The predicted octanol–water partition coefficient (Wildman–Crippen LogP) is 3.35. The Morgan fingerprint density at radius 3 is 2.60 bits per heavy atom. The molecule has 20 heavy (non-hydrogen) atoms. The summed E-state index contributed by atoms with van der Waals surface area (Å²) >= 11 is 3.41. The van der Waals surface area contributed by atoms with Gasteiger partial charge in [0.1, 0.15) is 0 Å². The van der Waals surface area contributed by atoms with Crippen LogP contribution in [0.15, 0.2) is 28.7 Å². The van der Waals surface area contributed by atoms with E-state index in [1.807, 2.05) is 12.1 Å². The average Bonchev–Trinajstić information content (AvgIpc) is 2.40. The van der Waals surface area contributed by atoms with Gasteiger partial charge in [0.25, 0.3) is 0 Å². The molecule has 0 radical (unpaired) electrons. The first-order valence-corrected chi connectivity index (χ1v) is 8.08. The topological polar surface area (TPSA) is 41.5 Å². The van der Waals surface area contributed by atoms with Crippen molar-refractivity contribution in [3.8, 4) is 0 Å². The molecule has 1 aromatic rings. The standard InChI is InChI=1S/C16H26BrNO2/c1-13(2)4-3-9-20-12-16(19)11-18-10-14-5-7-15(17)8-6-14/h5-8,13,16,18-19H,3-4,9-12H2,1-2H3. The third-order valence-electron chi connectivity index (χ3n) is 3.00. The van der Waals surface area contributed by atoms with Gasteiger partial charge >= 0.3 is 0 Å². The third kappa shape index (κ3) is 8.69. The minimum Gasteiger partial charge on any atom is -0.389 e. The fourth-order valence-corrected chi connectivity index (χ4v) is 2.12. The molecular formula is C16H26BrNO2. The van der Waals surface area contributed by atoms with E-state index in [1.54, 1.807) is 0 Å². The Bertz CT molecular complexity index is 354. The molecule has 0 heterocycles. The largest absolute Gasteiger partial charge is 0.389 e. The van der Waals surface area contributed by atoms with Crippen molar-refractivity contribution in [2.45, 2.75) is 39.3 Å². The molecule has 3 nitrogen and oxygen atoms in total. The number of benzene rings is 1. The summed E-state index contributed by atoms with van der Waals surface area (Å²) in [7, 11) is 0. The summed E-state index contributed by atoms with van der Waals surface area (Å²) in [6, 6.07) is 8.16. The molecule has 0 aromatic heterocycles. The van der Waals surface area contributed by atoms with E-state index in [0.717, 1.165) is 30.0 Å². The number of nitrogens with one attached hydrogen (secondary N) is 1. The lowest BCUT2D eigenvalue weighted by Crippen LogP contribution is -2.30. The quantitative estimate of drug-likeness (QED) is 0.640. The lowest BCUT2D eigenvalue weighted by Gasteiger charge is -2.13. The fourth-order valence-electron chi connectivity index (χ4n) is 1.86. The smallest absolute Gasteiger partial charge is 0.0897 e. The van der Waals surface area contributed by atoms with E-state index in [1.165, 1.54) is 12.0 Å². The van der Waals surface area contributed by atoms with Crippen LogP contribution < -0.4 is 5.32 Å². The molecule has 1 atom stereocenters. The normalized spacial score (nSPS) is 12.8. The lowest BCUT2D eigenvalue weighted by molar-refractivity contribution is 0.0346. The summed E-state index contributed by atoms with van der Waals surface area (Å²) in [5.74, 6) is 0.719. The molecule has 0 spiro atoms. The van der Waals surface area contributed by atoms with Gasteiger partial charge in [-0.25, -0.2) is 0 Å². The Kier molecular flexibility index (Phi) is 9.10. The lowest BCUT2D eigenvalue weighted by atomic mass is 10.1. The van der Waals surface area contributed by atoms with Crippen molar-refractivity contribution in [2.24, 2.45) is 5.92 Å². The van der Waals surface area contributed by atoms with Gasteiger partial charge in [-0.2, -0.15) is 0 Å². The van der Waals surface area contributed by atoms with E-state index in [-0.39, 0.29) is 0 Å². The molecule has 1 rings (SSSR count). The molecule has 114 valence electrons. The van der Waals surface area contributed by atoms with Crippen LogP contribution in [0.5, 0.6) is 0 Å². The maximum absolute atomic E-state index is 9.78. The summed E-state index contributed by atoms with van der Waals surface area (Å²) in [4.78, 5) is 0. The minimum absolute atomic E-state index is 0.408. The van der Waals surface area contributed by atoms with Gasteiger partial charge in [0.2, 0.25) is 0 Å². The molecule has 0 aliphatic carbocycles. The monoisotopic (exact) mass is 343 g/mol. The minimum atomic E-state index is -0.440. The van der Waals surface area contributed by atoms with Gasteiger partial charge in [0.05, 0.1) is 12.7 Å². The second-order valence-electron chi connectivity index (χ2n) is 5.52. The Balaban J connectivity index is 2.02. The van der Waals surface area contributed by atoms with Crippen LogP contribution in [0, 0.1) is 5.92 Å². The van der Waals surface area contributed by atoms with Gasteiger partial charge in [-0.15, -0.1) is 0 Å². The Morgan fingerprint density at radius 1 is 1.25 bits per heavy atom. The third-order valence-corrected chi connectivity index (χ3v) is 3.53. The zero-order valence-corrected chi connectivity index (χ0v) is 14.0. The maximum atomic E-state index is 9.78.